The fraction of sp³-hybridized carbons (Fsp3) is 0.583. The maximum atomic E-state index is 11.9. The second-order valence-electron chi connectivity index (χ2n) is 4.33. The van der Waals surface area contributed by atoms with E-state index in [0.29, 0.717) is 10.8 Å². The van der Waals surface area contributed by atoms with Crippen molar-refractivity contribution in [3.8, 4) is 0 Å². The SMILES string of the molecule is O=C(CCCc1cc(Cl)sc1Cl)N1CCNCC1. The molecule has 1 aliphatic heterocycles. The Bertz CT molecular complexity index is 416. The monoisotopic (exact) mass is 306 g/mol. The Labute approximate surface area is 121 Å². The number of hydrogen-bond acceptors (Lipinski definition) is 3. The van der Waals surface area contributed by atoms with Crippen LogP contribution >= 0.6 is 34.5 Å². The van der Waals surface area contributed by atoms with E-state index in [4.69, 9.17) is 23.2 Å². The molecule has 1 aromatic heterocycles. The maximum absolute atomic E-state index is 11.9. The van der Waals surface area contributed by atoms with E-state index in [0.717, 1.165) is 48.9 Å². The number of carbonyl (C=O) groups is 1. The predicted molar refractivity (Wildman–Crippen MR) is 76.7 cm³/mol. The molecule has 2 rings (SSSR count). The zero-order chi connectivity index (χ0) is 13.0. The Balaban J connectivity index is 1.74. The van der Waals surface area contributed by atoms with Gasteiger partial charge in [-0.2, -0.15) is 0 Å². The number of halogens is 2. The molecular formula is C12H16Cl2N2OS. The van der Waals surface area contributed by atoms with Crippen molar-refractivity contribution in [3.05, 3.63) is 20.3 Å². The van der Waals surface area contributed by atoms with Crippen molar-refractivity contribution in [2.75, 3.05) is 26.2 Å². The predicted octanol–water partition coefficient (Wildman–Crippen LogP) is 2.81. The van der Waals surface area contributed by atoms with Gasteiger partial charge in [0, 0.05) is 32.6 Å². The summed E-state index contributed by atoms with van der Waals surface area (Å²) in [6.07, 6.45) is 2.24. The van der Waals surface area contributed by atoms with Crippen LogP contribution in [0.15, 0.2) is 6.07 Å². The summed E-state index contributed by atoms with van der Waals surface area (Å²) >= 11 is 13.3. The first-order valence-electron chi connectivity index (χ1n) is 6.09. The van der Waals surface area contributed by atoms with Gasteiger partial charge < -0.3 is 10.2 Å². The molecule has 100 valence electrons. The van der Waals surface area contributed by atoms with Crippen molar-refractivity contribution in [2.24, 2.45) is 0 Å². The molecule has 0 aliphatic carbocycles. The summed E-state index contributed by atoms with van der Waals surface area (Å²) in [5.41, 5.74) is 1.06. The molecule has 1 saturated heterocycles. The molecule has 1 fully saturated rings. The third kappa shape index (κ3) is 3.85. The zero-order valence-corrected chi connectivity index (χ0v) is 12.4. The second-order valence-corrected chi connectivity index (χ2v) is 6.62. The van der Waals surface area contributed by atoms with Crippen molar-refractivity contribution >= 4 is 40.4 Å². The van der Waals surface area contributed by atoms with Crippen LogP contribution in [0.4, 0.5) is 0 Å². The van der Waals surface area contributed by atoms with E-state index < -0.39 is 0 Å². The molecule has 3 nitrogen and oxygen atoms in total. The van der Waals surface area contributed by atoms with Crippen LogP contribution in [-0.2, 0) is 11.2 Å². The Morgan fingerprint density at radius 3 is 2.72 bits per heavy atom. The Hall–Kier alpha value is -0.290. The number of aryl methyl sites for hydroxylation is 1. The van der Waals surface area contributed by atoms with E-state index in [9.17, 15) is 4.79 Å². The summed E-state index contributed by atoms with van der Waals surface area (Å²) in [7, 11) is 0. The molecule has 2 heterocycles. The van der Waals surface area contributed by atoms with Crippen LogP contribution in [0.3, 0.4) is 0 Å². The van der Waals surface area contributed by atoms with Gasteiger partial charge in [-0.25, -0.2) is 0 Å². The van der Waals surface area contributed by atoms with Crippen LogP contribution in [-0.4, -0.2) is 37.0 Å². The standard InChI is InChI=1S/C12H16Cl2N2OS/c13-10-8-9(12(14)18-10)2-1-3-11(17)16-6-4-15-5-7-16/h8,15H,1-7H2. The number of nitrogens with one attached hydrogen (secondary N) is 1. The molecule has 18 heavy (non-hydrogen) atoms. The minimum absolute atomic E-state index is 0.244. The van der Waals surface area contributed by atoms with E-state index in [-0.39, 0.29) is 5.91 Å². The lowest BCUT2D eigenvalue weighted by atomic mass is 10.1. The number of hydrogen-bond donors (Lipinski definition) is 1. The lowest BCUT2D eigenvalue weighted by Gasteiger charge is -2.27. The molecule has 0 radical (unpaired) electrons. The van der Waals surface area contributed by atoms with Crippen molar-refractivity contribution in [3.63, 3.8) is 0 Å². The van der Waals surface area contributed by atoms with E-state index in [1.807, 2.05) is 11.0 Å². The van der Waals surface area contributed by atoms with E-state index in [1.54, 1.807) is 0 Å². The highest BCUT2D eigenvalue weighted by Gasteiger charge is 2.15. The molecule has 0 aromatic carbocycles. The number of nitrogens with zero attached hydrogens (tertiary/aromatic N) is 1. The highest BCUT2D eigenvalue weighted by atomic mass is 35.5. The Morgan fingerprint density at radius 1 is 1.39 bits per heavy atom. The molecule has 1 amide bonds. The van der Waals surface area contributed by atoms with Crippen molar-refractivity contribution in [1.29, 1.82) is 0 Å². The highest BCUT2D eigenvalue weighted by Crippen LogP contribution is 2.32. The first-order valence-corrected chi connectivity index (χ1v) is 7.66. The molecular weight excluding hydrogens is 291 g/mol. The Kier molecular flexibility index (Phi) is 5.30. The van der Waals surface area contributed by atoms with Gasteiger partial charge in [-0.15, -0.1) is 11.3 Å². The summed E-state index contributed by atoms with van der Waals surface area (Å²) in [5, 5.41) is 3.24. The quantitative estimate of drug-likeness (QED) is 0.928. The summed E-state index contributed by atoms with van der Waals surface area (Å²) in [6, 6.07) is 1.89. The third-order valence-electron chi connectivity index (χ3n) is 3.03. The van der Waals surface area contributed by atoms with Gasteiger partial charge in [-0.1, -0.05) is 23.2 Å². The number of amides is 1. The summed E-state index contributed by atoms with van der Waals surface area (Å²) in [4.78, 5) is 13.8. The zero-order valence-electron chi connectivity index (χ0n) is 10.0. The number of carbonyl (C=O) groups excluding carboxylic acids is 1. The minimum atomic E-state index is 0.244. The summed E-state index contributed by atoms with van der Waals surface area (Å²) in [5.74, 6) is 0.244. The largest absolute Gasteiger partial charge is 0.340 e. The minimum Gasteiger partial charge on any atom is -0.340 e. The van der Waals surface area contributed by atoms with Crippen LogP contribution in [0.2, 0.25) is 8.67 Å². The molecule has 6 heteroatoms. The molecule has 1 aromatic rings. The van der Waals surface area contributed by atoms with Crippen LogP contribution in [0.25, 0.3) is 0 Å². The van der Waals surface area contributed by atoms with Gasteiger partial charge in [0.25, 0.3) is 0 Å². The number of thiophene rings is 1. The normalized spacial score (nSPS) is 16.0. The fourth-order valence-corrected chi connectivity index (χ4v) is 3.59. The van der Waals surface area contributed by atoms with Crippen LogP contribution in [0.5, 0.6) is 0 Å². The molecule has 1 aliphatic rings. The third-order valence-corrected chi connectivity index (χ3v) is 4.60. The van der Waals surface area contributed by atoms with E-state index in [1.165, 1.54) is 11.3 Å². The number of piperazine rings is 1. The van der Waals surface area contributed by atoms with Gasteiger partial charge in [-0.05, 0) is 24.5 Å². The topological polar surface area (TPSA) is 32.3 Å². The van der Waals surface area contributed by atoms with Gasteiger partial charge in [0.05, 0.1) is 8.67 Å². The Morgan fingerprint density at radius 2 is 2.11 bits per heavy atom. The second kappa shape index (κ2) is 6.75. The average molecular weight is 307 g/mol. The fourth-order valence-electron chi connectivity index (χ4n) is 2.05. The first-order chi connectivity index (χ1) is 8.66. The molecule has 0 atom stereocenters. The van der Waals surface area contributed by atoms with Gasteiger partial charge in [0.15, 0.2) is 0 Å². The van der Waals surface area contributed by atoms with Crippen LogP contribution in [0.1, 0.15) is 18.4 Å². The van der Waals surface area contributed by atoms with Gasteiger partial charge in [-0.3, -0.25) is 4.79 Å². The van der Waals surface area contributed by atoms with E-state index in [2.05, 4.69) is 5.32 Å². The lowest BCUT2D eigenvalue weighted by molar-refractivity contribution is -0.131. The van der Waals surface area contributed by atoms with Crippen molar-refractivity contribution < 1.29 is 4.79 Å². The first kappa shape index (κ1) is 14.1. The van der Waals surface area contributed by atoms with Gasteiger partial charge in [0.2, 0.25) is 5.91 Å². The van der Waals surface area contributed by atoms with Gasteiger partial charge in [0.1, 0.15) is 0 Å². The number of rotatable bonds is 4. The smallest absolute Gasteiger partial charge is 0.222 e. The molecule has 0 saturated carbocycles. The molecule has 0 unspecified atom stereocenters. The van der Waals surface area contributed by atoms with Crippen LogP contribution in [0, 0.1) is 0 Å². The van der Waals surface area contributed by atoms with Gasteiger partial charge >= 0.3 is 0 Å². The van der Waals surface area contributed by atoms with E-state index >= 15 is 0 Å². The maximum Gasteiger partial charge on any atom is 0.222 e. The average Bonchev–Trinajstić information content (AvgIpc) is 2.69. The lowest BCUT2D eigenvalue weighted by Crippen LogP contribution is -2.46. The summed E-state index contributed by atoms with van der Waals surface area (Å²) < 4.78 is 1.46. The van der Waals surface area contributed by atoms with Crippen molar-refractivity contribution in [2.45, 2.75) is 19.3 Å². The molecule has 1 N–H and O–H groups in total. The van der Waals surface area contributed by atoms with Crippen LogP contribution < -0.4 is 5.32 Å². The molecule has 0 spiro atoms. The van der Waals surface area contributed by atoms with Crippen molar-refractivity contribution in [1.82, 2.24) is 10.2 Å². The molecule has 0 bridgehead atoms. The highest BCUT2D eigenvalue weighted by molar-refractivity contribution is 7.20. The summed E-state index contributed by atoms with van der Waals surface area (Å²) in [6.45, 7) is 3.45.